The lowest BCUT2D eigenvalue weighted by molar-refractivity contribution is 0.0966. The maximum absolute atomic E-state index is 13.1. The largest absolute Gasteiger partial charge is 0.299 e. The second-order valence-electron chi connectivity index (χ2n) is 7.40. The van der Waals surface area contributed by atoms with Crippen LogP contribution in [0.5, 0.6) is 0 Å². The molecular formula is C26H24FNO. The van der Waals surface area contributed by atoms with Crippen LogP contribution in [0.2, 0.25) is 0 Å². The highest BCUT2D eigenvalue weighted by Crippen LogP contribution is 2.23. The molecule has 29 heavy (non-hydrogen) atoms. The minimum absolute atomic E-state index is 0.179. The van der Waals surface area contributed by atoms with Gasteiger partial charge < -0.3 is 0 Å². The first-order valence-corrected chi connectivity index (χ1v) is 10.0. The number of ketones is 1. The monoisotopic (exact) mass is 385 g/mol. The van der Waals surface area contributed by atoms with Gasteiger partial charge in [-0.1, -0.05) is 72.8 Å². The van der Waals surface area contributed by atoms with Crippen LogP contribution in [0.3, 0.4) is 0 Å². The van der Waals surface area contributed by atoms with Crippen molar-refractivity contribution in [2.45, 2.75) is 12.8 Å². The quantitative estimate of drug-likeness (QED) is 0.496. The van der Waals surface area contributed by atoms with Gasteiger partial charge in [0, 0.05) is 31.6 Å². The van der Waals surface area contributed by atoms with E-state index >= 15 is 0 Å². The summed E-state index contributed by atoms with van der Waals surface area (Å²) in [7, 11) is 0. The molecule has 0 radical (unpaired) electrons. The lowest BCUT2D eigenvalue weighted by atomic mass is 9.99. The Balaban J connectivity index is 1.30. The smallest absolute Gasteiger partial charge is 0.164 e. The summed E-state index contributed by atoms with van der Waals surface area (Å²) in [6.45, 7) is 2.50. The number of halogens is 1. The molecule has 3 aromatic rings. The lowest BCUT2D eigenvalue weighted by Crippen LogP contribution is -2.30. The molecule has 0 amide bonds. The van der Waals surface area contributed by atoms with Crippen molar-refractivity contribution in [2.75, 3.05) is 19.6 Å². The number of carbonyl (C=O) groups excluding carboxylic acids is 1. The molecule has 1 aliphatic heterocycles. The third-order valence-electron chi connectivity index (χ3n) is 5.48. The van der Waals surface area contributed by atoms with Crippen LogP contribution in [0.15, 0.2) is 84.9 Å². The summed E-state index contributed by atoms with van der Waals surface area (Å²) in [4.78, 5) is 14.9. The molecular weight excluding hydrogens is 361 g/mol. The van der Waals surface area contributed by atoms with E-state index in [2.05, 4.69) is 23.1 Å². The normalized spacial score (nSPS) is 14.4. The standard InChI is InChI=1S/C26H24FNO/c27-25-12-10-22(11-13-25)23-14-17-28(18-15-23)19-16-26(29)24-8-6-21(7-9-24)20-4-2-1-3-5-20/h1-14H,15-19H2. The van der Waals surface area contributed by atoms with Crippen molar-refractivity contribution in [1.29, 1.82) is 0 Å². The molecule has 2 nitrogen and oxygen atoms in total. The van der Waals surface area contributed by atoms with E-state index < -0.39 is 0 Å². The van der Waals surface area contributed by atoms with Crippen molar-refractivity contribution in [3.05, 3.63) is 102 Å². The molecule has 0 bridgehead atoms. The molecule has 1 heterocycles. The molecule has 3 aromatic carbocycles. The highest BCUT2D eigenvalue weighted by Gasteiger charge is 2.15. The van der Waals surface area contributed by atoms with Gasteiger partial charge in [-0.15, -0.1) is 0 Å². The average Bonchev–Trinajstić information content (AvgIpc) is 2.79. The van der Waals surface area contributed by atoms with Crippen molar-refractivity contribution in [1.82, 2.24) is 4.90 Å². The second kappa shape index (κ2) is 8.97. The van der Waals surface area contributed by atoms with Crippen LogP contribution in [0.4, 0.5) is 4.39 Å². The Morgan fingerprint density at radius 3 is 2.14 bits per heavy atom. The molecule has 0 N–H and O–H groups in total. The molecule has 146 valence electrons. The summed E-state index contributed by atoms with van der Waals surface area (Å²) >= 11 is 0. The van der Waals surface area contributed by atoms with E-state index in [1.807, 2.05) is 54.6 Å². The summed E-state index contributed by atoms with van der Waals surface area (Å²) in [5, 5.41) is 0. The molecule has 0 unspecified atom stereocenters. The van der Waals surface area contributed by atoms with Gasteiger partial charge in [0.05, 0.1) is 0 Å². The van der Waals surface area contributed by atoms with Crippen molar-refractivity contribution < 1.29 is 9.18 Å². The highest BCUT2D eigenvalue weighted by molar-refractivity contribution is 5.96. The van der Waals surface area contributed by atoms with E-state index in [1.165, 1.54) is 17.7 Å². The van der Waals surface area contributed by atoms with Crippen LogP contribution in [-0.4, -0.2) is 30.3 Å². The van der Waals surface area contributed by atoms with Gasteiger partial charge in [0.1, 0.15) is 5.82 Å². The van der Waals surface area contributed by atoms with E-state index in [0.717, 1.165) is 48.3 Å². The average molecular weight is 385 g/mol. The summed E-state index contributed by atoms with van der Waals surface area (Å²) in [5.74, 6) is -0.0278. The fraction of sp³-hybridized carbons (Fsp3) is 0.192. The number of hydrogen-bond donors (Lipinski definition) is 0. The first-order chi connectivity index (χ1) is 14.2. The van der Waals surface area contributed by atoms with Gasteiger partial charge in [-0.3, -0.25) is 9.69 Å². The molecule has 0 fully saturated rings. The van der Waals surface area contributed by atoms with Gasteiger partial charge in [-0.25, -0.2) is 4.39 Å². The number of Topliss-reactive ketones (excluding diaryl/α,β-unsaturated/α-hetero) is 1. The van der Waals surface area contributed by atoms with Gasteiger partial charge >= 0.3 is 0 Å². The van der Waals surface area contributed by atoms with Gasteiger partial charge in [0.25, 0.3) is 0 Å². The summed E-state index contributed by atoms with van der Waals surface area (Å²) in [5.41, 5.74) is 5.38. The number of rotatable bonds is 6. The molecule has 0 aromatic heterocycles. The van der Waals surface area contributed by atoms with E-state index in [-0.39, 0.29) is 11.6 Å². The van der Waals surface area contributed by atoms with Gasteiger partial charge in [0.15, 0.2) is 5.78 Å². The fourth-order valence-corrected chi connectivity index (χ4v) is 3.72. The van der Waals surface area contributed by atoms with Crippen molar-refractivity contribution >= 4 is 11.4 Å². The number of hydrogen-bond acceptors (Lipinski definition) is 2. The summed E-state index contributed by atoms with van der Waals surface area (Å²) in [6, 6.07) is 24.7. The first-order valence-electron chi connectivity index (χ1n) is 10.0. The SMILES string of the molecule is O=C(CCN1CC=C(c2ccc(F)cc2)CC1)c1ccc(-c2ccccc2)cc1. The summed E-state index contributed by atoms with van der Waals surface area (Å²) in [6.07, 6.45) is 3.63. The third-order valence-corrected chi connectivity index (χ3v) is 5.48. The molecule has 0 saturated carbocycles. The predicted octanol–water partition coefficient (Wildman–Crippen LogP) is 5.85. The Hall–Kier alpha value is -3.04. The maximum Gasteiger partial charge on any atom is 0.164 e. The second-order valence-corrected chi connectivity index (χ2v) is 7.40. The molecule has 0 saturated heterocycles. The number of carbonyl (C=O) groups is 1. The zero-order chi connectivity index (χ0) is 20.1. The van der Waals surface area contributed by atoms with E-state index in [0.29, 0.717) is 6.42 Å². The summed E-state index contributed by atoms with van der Waals surface area (Å²) < 4.78 is 13.1. The van der Waals surface area contributed by atoms with Gasteiger partial charge in [-0.05, 0) is 40.8 Å². The van der Waals surface area contributed by atoms with Crippen LogP contribution in [0.25, 0.3) is 16.7 Å². The van der Waals surface area contributed by atoms with Gasteiger partial charge in [0.2, 0.25) is 0 Å². The Labute approximate surface area is 171 Å². The van der Waals surface area contributed by atoms with Crippen molar-refractivity contribution in [2.24, 2.45) is 0 Å². The van der Waals surface area contributed by atoms with Crippen LogP contribution < -0.4 is 0 Å². The zero-order valence-electron chi connectivity index (χ0n) is 16.4. The highest BCUT2D eigenvalue weighted by atomic mass is 19.1. The first kappa shape index (κ1) is 19.3. The Morgan fingerprint density at radius 2 is 1.48 bits per heavy atom. The van der Waals surface area contributed by atoms with E-state index in [1.54, 1.807) is 0 Å². The minimum atomic E-state index is -0.206. The Kier molecular flexibility index (Phi) is 5.97. The third kappa shape index (κ3) is 4.87. The molecule has 0 atom stereocenters. The molecule has 1 aliphatic rings. The van der Waals surface area contributed by atoms with Crippen LogP contribution >= 0.6 is 0 Å². The molecule has 0 spiro atoms. The van der Waals surface area contributed by atoms with E-state index in [9.17, 15) is 9.18 Å². The van der Waals surface area contributed by atoms with Crippen LogP contribution in [0, 0.1) is 5.82 Å². The zero-order valence-corrected chi connectivity index (χ0v) is 16.4. The number of benzene rings is 3. The van der Waals surface area contributed by atoms with Crippen LogP contribution in [0.1, 0.15) is 28.8 Å². The lowest BCUT2D eigenvalue weighted by Gasteiger charge is -2.26. The Morgan fingerprint density at radius 1 is 0.828 bits per heavy atom. The van der Waals surface area contributed by atoms with Crippen LogP contribution in [-0.2, 0) is 0 Å². The van der Waals surface area contributed by atoms with Gasteiger partial charge in [-0.2, -0.15) is 0 Å². The molecule has 3 heteroatoms. The molecule has 0 aliphatic carbocycles. The predicted molar refractivity (Wildman–Crippen MR) is 116 cm³/mol. The fourth-order valence-electron chi connectivity index (χ4n) is 3.72. The molecule has 4 rings (SSSR count). The topological polar surface area (TPSA) is 20.3 Å². The van der Waals surface area contributed by atoms with Crippen molar-refractivity contribution in [3.8, 4) is 11.1 Å². The van der Waals surface area contributed by atoms with E-state index in [4.69, 9.17) is 0 Å². The van der Waals surface area contributed by atoms with Crippen molar-refractivity contribution in [3.63, 3.8) is 0 Å². The maximum atomic E-state index is 13.1. The Bertz CT molecular complexity index is 991. The minimum Gasteiger partial charge on any atom is -0.299 e. The number of nitrogens with zero attached hydrogens (tertiary/aromatic N) is 1.